The molecule has 0 N–H and O–H groups in total. The van der Waals surface area contributed by atoms with E-state index in [0.29, 0.717) is 5.41 Å². The standard InChI is InChI=1S/C11H24/c1-6-10(5)11(7-2,8-3)9-4/h10H,6-9H2,1-5H3. The summed E-state index contributed by atoms with van der Waals surface area (Å²) in [4.78, 5) is 0. The van der Waals surface area contributed by atoms with Crippen LogP contribution < -0.4 is 0 Å². The van der Waals surface area contributed by atoms with Crippen molar-refractivity contribution in [2.75, 3.05) is 0 Å². The zero-order valence-corrected chi connectivity index (χ0v) is 8.91. The minimum Gasteiger partial charge on any atom is -0.0651 e. The van der Waals surface area contributed by atoms with Crippen molar-refractivity contribution < 1.29 is 0 Å². The summed E-state index contributed by atoms with van der Waals surface area (Å²) < 4.78 is 0. The Morgan fingerprint density at radius 3 is 1.36 bits per heavy atom. The highest BCUT2D eigenvalue weighted by molar-refractivity contribution is 4.79. The van der Waals surface area contributed by atoms with Gasteiger partial charge >= 0.3 is 0 Å². The van der Waals surface area contributed by atoms with Crippen LogP contribution in [0.25, 0.3) is 0 Å². The van der Waals surface area contributed by atoms with Gasteiger partial charge < -0.3 is 0 Å². The first kappa shape index (κ1) is 11.0. The molecule has 0 aliphatic heterocycles. The Morgan fingerprint density at radius 1 is 0.909 bits per heavy atom. The van der Waals surface area contributed by atoms with Gasteiger partial charge in [0.25, 0.3) is 0 Å². The molecule has 11 heavy (non-hydrogen) atoms. The van der Waals surface area contributed by atoms with Gasteiger partial charge in [-0.05, 0) is 11.3 Å². The van der Waals surface area contributed by atoms with Gasteiger partial charge in [0.05, 0.1) is 0 Å². The molecule has 0 aromatic carbocycles. The Kier molecular flexibility index (Phi) is 4.79. The number of rotatable bonds is 5. The molecule has 0 heteroatoms. The van der Waals surface area contributed by atoms with E-state index in [2.05, 4.69) is 34.6 Å². The molecule has 0 saturated carbocycles. The van der Waals surface area contributed by atoms with Crippen molar-refractivity contribution in [2.45, 2.75) is 60.3 Å². The third-order valence-corrected chi connectivity index (χ3v) is 3.77. The van der Waals surface area contributed by atoms with Gasteiger partial charge in [-0.25, -0.2) is 0 Å². The molecular weight excluding hydrogens is 132 g/mol. The molecule has 0 nitrogen and oxygen atoms in total. The molecule has 0 amide bonds. The van der Waals surface area contributed by atoms with Crippen molar-refractivity contribution in [1.29, 1.82) is 0 Å². The quantitative estimate of drug-likeness (QED) is 0.558. The molecule has 0 rings (SSSR count). The summed E-state index contributed by atoms with van der Waals surface area (Å²) in [7, 11) is 0. The van der Waals surface area contributed by atoms with Gasteiger partial charge in [-0.1, -0.05) is 60.3 Å². The minimum absolute atomic E-state index is 0.634. The molecule has 1 atom stereocenters. The lowest BCUT2D eigenvalue weighted by Gasteiger charge is -2.36. The smallest absolute Gasteiger partial charge is 0.0280 e. The van der Waals surface area contributed by atoms with E-state index >= 15 is 0 Å². The highest BCUT2D eigenvalue weighted by atomic mass is 14.3. The predicted octanol–water partition coefficient (Wildman–Crippen LogP) is 4.25. The van der Waals surface area contributed by atoms with Crippen molar-refractivity contribution in [3.63, 3.8) is 0 Å². The molecule has 68 valence electrons. The first-order valence-electron chi connectivity index (χ1n) is 5.16. The summed E-state index contributed by atoms with van der Waals surface area (Å²) in [5, 5.41) is 0. The van der Waals surface area contributed by atoms with Crippen molar-refractivity contribution in [3.05, 3.63) is 0 Å². The third-order valence-electron chi connectivity index (χ3n) is 3.77. The van der Waals surface area contributed by atoms with Crippen LogP contribution in [0.3, 0.4) is 0 Å². The fraction of sp³-hybridized carbons (Fsp3) is 1.00. The van der Waals surface area contributed by atoms with Gasteiger partial charge in [-0.2, -0.15) is 0 Å². The average Bonchev–Trinajstić information content (AvgIpc) is 2.08. The van der Waals surface area contributed by atoms with Gasteiger partial charge in [-0.15, -0.1) is 0 Å². The van der Waals surface area contributed by atoms with Crippen LogP contribution in [0.5, 0.6) is 0 Å². The summed E-state index contributed by atoms with van der Waals surface area (Å²) >= 11 is 0. The lowest BCUT2D eigenvalue weighted by atomic mass is 9.69. The van der Waals surface area contributed by atoms with Gasteiger partial charge in [-0.3, -0.25) is 0 Å². The van der Waals surface area contributed by atoms with Crippen molar-refractivity contribution >= 4 is 0 Å². The zero-order valence-electron chi connectivity index (χ0n) is 8.91. The third kappa shape index (κ3) is 2.21. The van der Waals surface area contributed by atoms with E-state index in [4.69, 9.17) is 0 Å². The van der Waals surface area contributed by atoms with Crippen LogP contribution in [0, 0.1) is 11.3 Å². The van der Waals surface area contributed by atoms with Gasteiger partial charge in [0, 0.05) is 0 Å². The van der Waals surface area contributed by atoms with Crippen LogP contribution in [0.4, 0.5) is 0 Å². The lowest BCUT2D eigenvalue weighted by molar-refractivity contribution is 0.144. The topological polar surface area (TPSA) is 0 Å². The predicted molar refractivity (Wildman–Crippen MR) is 52.8 cm³/mol. The molecule has 0 aromatic rings. The minimum atomic E-state index is 0.634. The Labute approximate surface area is 72.4 Å². The second kappa shape index (κ2) is 4.79. The maximum atomic E-state index is 2.40. The monoisotopic (exact) mass is 156 g/mol. The summed E-state index contributed by atoms with van der Waals surface area (Å²) in [5.41, 5.74) is 0.634. The largest absolute Gasteiger partial charge is 0.0651 e. The molecule has 0 fully saturated rings. The maximum Gasteiger partial charge on any atom is -0.0280 e. The van der Waals surface area contributed by atoms with E-state index in [-0.39, 0.29) is 0 Å². The fourth-order valence-corrected chi connectivity index (χ4v) is 2.23. The van der Waals surface area contributed by atoms with Crippen molar-refractivity contribution in [3.8, 4) is 0 Å². The van der Waals surface area contributed by atoms with Crippen molar-refractivity contribution in [2.24, 2.45) is 11.3 Å². The Bertz CT molecular complexity index is 81.9. The normalized spacial score (nSPS) is 15.0. The summed E-state index contributed by atoms with van der Waals surface area (Å²) in [5.74, 6) is 0.891. The van der Waals surface area contributed by atoms with E-state index < -0.39 is 0 Å². The number of hydrogen-bond donors (Lipinski definition) is 0. The molecule has 0 aliphatic rings. The molecule has 0 saturated heterocycles. The zero-order chi connectivity index (χ0) is 8.91. The van der Waals surface area contributed by atoms with E-state index in [0.717, 1.165) is 5.92 Å². The van der Waals surface area contributed by atoms with Crippen LogP contribution in [0.1, 0.15) is 60.3 Å². The van der Waals surface area contributed by atoms with Crippen molar-refractivity contribution in [1.82, 2.24) is 0 Å². The van der Waals surface area contributed by atoms with Crippen LogP contribution in [0.15, 0.2) is 0 Å². The molecule has 0 bridgehead atoms. The van der Waals surface area contributed by atoms with Crippen LogP contribution >= 0.6 is 0 Å². The highest BCUT2D eigenvalue weighted by Gasteiger charge is 2.28. The molecule has 0 aliphatic carbocycles. The molecule has 0 heterocycles. The van der Waals surface area contributed by atoms with E-state index in [1.54, 1.807) is 0 Å². The van der Waals surface area contributed by atoms with Crippen LogP contribution in [-0.2, 0) is 0 Å². The average molecular weight is 156 g/mol. The molecule has 1 unspecified atom stereocenters. The van der Waals surface area contributed by atoms with Gasteiger partial charge in [0.2, 0.25) is 0 Å². The summed E-state index contributed by atoms with van der Waals surface area (Å²) in [6, 6.07) is 0. The molecule has 0 spiro atoms. The van der Waals surface area contributed by atoms with E-state index in [1.807, 2.05) is 0 Å². The Morgan fingerprint density at radius 2 is 1.27 bits per heavy atom. The lowest BCUT2D eigenvalue weighted by Crippen LogP contribution is -2.26. The second-order valence-corrected chi connectivity index (χ2v) is 3.73. The van der Waals surface area contributed by atoms with Crippen LogP contribution in [-0.4, -0.2) is 0 Å². The van der Waals surface area contributed by atoms with Crippen LogP contribution in [0.2, 0.25) is 0 Å². The molecular formula is C11H24. The highest BCUT2D eigenvalue weighted by Crippen LogP contribution is 2.39. The fourth-order valence-electron chi connectivity index (χ4n) is 2.23. The van der Waals surface area contributed by atoms with Gasteiger partial charge in [0.15, 0.2) is 0 Å². The summed E-state index contributed by atoms with van der Waals surface area (Å²) in [6.07, 6.45) is 5.36. The summed E-state index contributed by atoms with van der Waals surface area (Å²) in [6.45, 7) is 11.7. The SMILES string of the molecule is CCC(C)C(CC)(CC)CC. The van der Waals surface area contributed by atoms with E-state index in [9.17, 15) is 0 Å². The first-order valence-corrected chi connectivity index (χ1v) is 5.16. The Hall–Kier alpha value is 0. The first-order chi connectivity index (χ1) is 5.16. The Balaban J connectivity index is 4.26. The van der Waals surface area contributed by atoms with Gasteiger partial charge in [0.1, 0.15) is 0 Å². The molecule has 0 aromatic heterocycles. The molecule has 0 radical (unpaired) electrons. The number of hydrogen-bond acceptors (Lipinski definition) is 0. The second-order valence-electron chi connectivity index (χ2n) is 3.73. The van der Waals surface area contributed by atoms with E-state index in [1.165, 1.54) is 25.7 Å². The maximum absolute atomic E-state index is 2.40.